The van der Waals surface area contributed by atoms with Crippen molar-refractivity contribution in [1.29, 1.82) is 0 Å². The van der Waals surface area contributed by atoms with Crippen molar-refractivity contribution in [3.8, 4) is 0 Å². The van der Waals surface area contributed by atoms with E-state index in [1.165, 1.54) is 0 Å². The van der Waals surface area contributed by atoms with Crippen LogP contribution in [-0.4, -0.2) is 50.2 Å². The lowest BCUT2D eigenvalue weighted by Crippen LogP contribution is -2.45. The predicted molar refractivity (Wildman–Crippen MR) is 90.5 cm³/mol. The third-order valence-corrected chi connectivity index (χ3v) is 3.76. The molecule has 0 radical (unpaired) electrons. The number of nitrogens with zero attached hydrogens (tertiary/aromatic N) is 1. The molecule has 6 nitrogen and oxygen atoms in total. The number of hydrogen-bond acceptors (Lipinski definition) is 6. The van der Waals surface area contributed by atoms with Crippen molar-refractivity contribution in [1.82, 2.24) is 15.5 Å². The standard InChI is InChI=1S/C17H26N4O2/c1-2-23-16(22)13-20-12-15(21-10-8-19-9-11-21)17(18)14-6-4-3-5-7-14/h3-7,12,17,19-20H,2,8-11,13,18H2,1H3/b15-12+. The number of hydrogen-bond donors (Lipinski definition) is 3. The van der Waals surface area contributed by atoms with Crippen molar-refractivity contribution in [3.05, 3.63) is 47.8 Å². The Morgan fingerprint density at radius 3 is 2.74 bits per heavy atom. The third-order valence-electron chi connectivity index (χ3n) is 3.76. The van der Waals surface area contributed by atoms with Gasteiger partial charge in [0.05, 0.1) is 18.3 Å². The molecule has 2 rings (SSSR count). The van der Waals surface area contributed by atoms with Gasteiger partial charge in [0, 0.05) is 32.4 Å². The Kier molecular flexibility index (Phi) is 6.90. The van der Waals surface area contributed by atoms with Crippen LogP contribution in [0.2, 0.25) is 0 Å². The molecule has 0 saturated carbocycles. The lowest BCUT2D eigenvalue weighted by atomic mass is 10.0. The number of nitrogens with one attached hydrogen (secondary N) is 2. The van der Waals surface area contributed by atoms with E-state index in [0.717, 1.165) is 37.4 Å². The Morgan fingerprint density at radius 1 is 1.39 bits per heavy atom. The molecule has 1 saturated heterocycles. The zero-order valence-electron chi connectivity index (χ0n) is 13.6. The van der Waals surface area contributed by atoms with Gasteiger partial charge in [-0.25, -0.2) is 0 Å². The molecular formula is C17H26N4O2. The largest absolute Gasteiger partial charge is 0.465 e. The fraction of sp³-hybridized carbons (Fsp3) is 0.471. The molecule has 1 atom stereocenters. The fourth-order valence-corrected chi connectivity index (χ4v) is 2.58. The lowest BCUT2D eigenvalue weighted by molar-refractivity contribution is -0.141. The maximum atomic E-state index is 11.5. The Balaban J connectivity index is 2.09. The van der Waals surface area contributed by atoms with Crippen LogP contribution in [0.3, 0.4) is 0 Å². The van der Waals surface area contributed by atoms with Gasteiger partial charge in [-0.2, -0.15) is 0 Å². The molecule has 126 valence electrons. The molecule has 1 aliphatic rings. The van der Waals surface area contributed by atoms with Crippen LogP contribution in [-0.2, 0) is 9.53 Å². The summed E-state index contributed by atoms with van der Waals surface area (Å²) in [5.41, 5.74) is 8.50. The minimum Gasteiger partial charge on any atom is -0.465 e. The van der Waals surface area contributed by atoms with Crippen LogP contribution in [0.1, 0.15) is 18.5 Å². The first-order chi connectivity index (χ1) is 11.2. The van der Waals surface area contributed by atoms with Crippen molar-refractivity contribution < 1.29 is 9.53 Å². The summed E-state index contributed by atoms with van der Waals surface area (Å²) in [6.45, 7) is 5.98. The van der Waals surface area contributed by atoms with E-state index in [2.05, 4.69) is 15.5 Å². The number of carbonyl (C=O) groups excluding carboxylic acids is 1. The highest BCUT2D eigenvalue weighted by Crippen LogP contribution is 2.22. The van der Waals surface area contributed by atoms with Crippen molar-refractivity contribution in [3.63, 3.8) is 0 Å². The summed E-state index contributed by atoms with van der Waals surface area (Å²) >= 11 is 0. The molecule has 1 fully saturated rings. The van der Waals surface area contributed by atoms with E-state index >= 15 is 0 Å². The quantitative estimate of drug-likeness (QED) is 0.639. The highest BCUT2D eigenvalue weighted by molar-refractivity contribution is 5.71. The van der Waals surface area contributed by atoms with Crippen LogP contribution in [0.5, 0.6) is 0 Å². The molecule has 1 aromatic carbocycles. The third kappa shape index (κ3) is 5.26. The van der Waals surface area contributed by atoms with Gasteiger partial charge >= 0.3 is 5.97 Å². The van der Waals surface area contributed by atoms with E-state index in [-0.39, 0.29) is 18.6 Å². The van der Waals surface area contributed by atoms with Gasteiger partial charge < -0.3 is 26.0 Å². The number of piperazine rings is 1. The molecule has 1 unspecified atom stereocenters. The van der Waals surface area contributed by atoms with Gasteiger partial charge in [0.25, 0.3) is 0 Å². The Morgan fingerprint density at radius 2 is 2.09 bits per heavy atom. The van der Waals surface area contributed by atoms with E-state index in [9.17, 15) is 4.79 Å². The summed E-state index contributed by atoms with van der Waals surface area (Å²) < 4.78 is 4.93. The average molecular weight is 318 g/mol. The van der Waals surface area contributed by atoms with Crippen LogP contribution in [0.4, 0.5) is 0 Å². The van der Waals surface area contributed by atoms with Crippen LogP contribution in [0.25, 0.3) is 0 Å². The van der Waals surface area contributed by atoms with E-state index in [1.54, 1.807) is 6.92 Å². The number of benzene rings is 1. The maximum Gasteiger partial charge on any atom is 0.325 e. The monoisotopic (exact) mass is 318 g/mol. The molecule has 0 aliphatic carbocycles. The minimum absolute atomic E-state index is 0.144. The second kappa shape index (κ2) is 9.17. The first-order valence-electron chi connectivity index (χ1n) is 8.07. The Bertz CT molecular complexity index is 513. The van der Waals surface area contributed by atoms with Crippen molar-refractivity contribution in [2.24, 2.45) is 5.73 Å². The van der Waals surface area contributed by atoms with Gasteiger partial charge in [0.2, 0.25) is 0 Å². The highest BCUT2D eigenvalue weighted by atomic mass is 16.5. The molecular weight excluding hydrogens is 292 g/mol. The van der Waals surface area contributed by atoms with E-state index in [1.807, 2.05) is 36.5 Å². The lowest BCUT2D eigenvalue weighted by Gasteiger charge is -2.34. The van der Waals surface area contributed by atoms with Crippen molar-refractivity contribution in [2.75, 3.05) is 39.3 Å². The summed E-state index contributed by atoms with van der Waals surface area (Å²) in [5.74, 6) is -0.267. The zero-order valence-corrected chi connectivity index (χ0v) is 13.6. The number of nitrogens with two attached hydrogens (primary N) is 1. The van der Waals surface area contributed by atoms with Gasteiger partial charge in [0.1, 0.15) is 6.54 Å². The summed E-state index contributed by atoms with van der Waals surface area (Å²) in [5, 5.41) is 6.37. The van der Waals surface area contributed by atoms with E-state index < -0.39 is 0 Å². The van der Waals surface area contributed by atoms with Gasteiger partial charge in [-0.3, -0.25) is 4.79 Å². The molecule has 1 aromatic rings. The molecule has 0 bridgehead atoms. The summed E-state index contributed by atoms with van der Waals surface area (Å²) in [7, 11) is 0. The van der Waals surface area contributed by atoms with Crippen LogP contribution < -0.4 is 16.4 Å². The summed E-state index contributed by atoms with van der Waals surface area (Å²) in [6.07, 6.45) is 1.85. The Hall–Kier alpha value is -2.05. The molecule has 0 amide bonds. The number of carbonyl (C=O) groups is 1. The maximum absolute atomic E-state index is 11.5. The fourth-order valence-electron chi connectivity index (χ4n) is 2.58. The molecule has 23 heavy (non-hydrogen) atoms. The Labute approximate surface area is 137 Å². The predicted octanol–water partition coefficient (Wildman–Crippen LogP) is 0.586. The van der Waals surface area contributed by atoms with E-state index in [0.29, 0.717) is 6.61 Å². The highest BCUT2D eigenvalue weighted by Gasteiger charge is 2.20. The van der Waals surface area contributed by atoms with Gasteiger partial charge in [0.15, 0.2) is 0 Å². The zero-order chi connectivity index (χ0) is 16.5. The van der Waals surface area contributed by atoms with Gasteiger partial charge in [-0.15, -0.1) is 0 Å². The molecule has 0 aromatic heterocycles. The summed E-state index contributed by atoms with van der Waals surface area (Å²) in [4.78, 5) is 13.7. The van der Waals surface area contributed by atoms with Crippen LogP contribution in [0.15, 0.2) is 42.2 Å². The molecule has 1 heterocycles. The van der Waals surface area contributed by atoms with Crippen LogP contribution in [0, 0.1) is 0 Å². The molecule has 0 spiro atoms. The van der Waals surface area contributed by atoms with Crippen LogP contribution >= 0.6 is 0 Å². The molecule has 1 aliphatic heterocycles. The topological polar surface area (TPSA) is 79.6 Å². The number of ether oxygens (including phenoxy) is 1. The SMILES string of the molecule is CCOC(=O)CN/C=C(\C(N)c1ccccc1)N1CCNCC1. The van der Waals surface area contributed by atoms with E-state index in [4.69, 9.17) is 10.5 Å². The average Bonchev–Trinajstić information content (AvgIpc) is 2.60. The molecule has 6 heteroatoms. The minimum atomic E-state index is -0.267. The smallest absolute Gasteiger partial charge is 0.325 e. The first-order valence-corrected chi connectivity index (χ1v) is 8.07. The first kappa shape index (κ1) is 17.3. The van der Waals surface area contributed by atoms with Crippen molar-refractivity contribution >= 4 is 5.97 Å². The van der Waals surface area contributed by atoms with Gasteiger partial charge in [-0.1, -0.05) is 30.3 Å². The van der Waals surface area contributed by atoms with Gasteiger partial charge in [-0.05, 0) is 12.5 Å². The number of rotatable bonds is 7. The summed E-state index contributed by atoms with van der Waals surface area (Å²) in [6, 6.07) is 9.75. The normalized spacial score (nSPS) is 16.8. The molecule has 4 N–H and O–H groups in total. The number of esters is 1. The second-order valence-corrected chi connectivity index (χ2v) is 5.38. The van der Waals surface area contributed by atoms with Crippen molar-refractivity contribution in [2.45, 2.75) is 13.0 Å². The second-order valence-electron chi connectivity index (χ2n) is 5.38.